The number of rotatable bonds is 9. The molecule has 3 aromatic rings. The number of benzene rings is 1. The van der Waals surface area contributed by atoms with E-state index >= 15 is 0 Å². The van der Waals surface area contributed by atoms with Crippen molar-refractivity contribution in [2.24, 2.45) is 4.99 Å². The number of guanidine groups is 1. The standard InChI is InChI=1S/C20H25FN6O3S.HI/c1-3-22-20(23-9-8-18-25-19(27-26-18)17-5-4-10-30-17)24-12-15-11-16(21)7-6-14(15)13-31(2,28)29;/h4-7,10-11H,3,8-9,12-13H2,1-2H3,(H2,22,23,24)(H,25,26,27);1H. The van der Waals surface area contributed by atoms with Gasteiger partial charge in [-0.25, -0.2) is 22.8 Å². The van der Waals surface area contributed by atoms with Gasteiger partial charge in [-0.1, -0.05) is 6.07 Å². The average molecular weight is 576 g/mol. The van der Waals surface area contributed by atoms with Crippen molar-refractivity contribution < 1.29 is 17.2 Å². The van der Waals surface area contributed by atoms with Gasteiger partial charge in [-0.3, -0.25) is 5.10 Å². The van der Waals surface area contributed by atoms with Gasteiger partial charge in [0.1, 0.15) is 11.6 Å². The second-order valence-electron chi connectivity index (χ2n) is 6.94. The van der Waals surface area contributed by atoms with Gasteiger partial charge in [-0.05, 0) is 42.3 Å². The maximum atomic E-state index is 13.7. The third-order valence-corrected chi connectivity index (χ3v) is 5.10. The summed E-state index contributed by atoms with van der Waals surface area (Å²) < 4.78 is 42.3. The van der Waals surface area contributed by atoms with Crippen molar-refractivity contribution in [1.29, 1.82) is 0 Å². The molecule has 12 heteroatoms. The SMILES string of the molecule is CCNC(=NCc1cc(F)ccc1CS(C)(=O)=O)NCCc1nc(-c2ccco2)n[nH]1.I. The van der Waals surface area contributed by atoms with Gasteiger partial charge < -0.3 is 15.1 Å². The highest BCUT2D eigenvalue weighted by molar-refractivity contribution is 14.0. The smallest absolute Gasteiger partial charge is 0.216 e. The summed E-state index contributed by atoms with van der Waals surface area (Å²) in [4.78, 5) is 8.85. The van der Waals surface area contributed by atoms with Crippen LogP contribution in [0.2, 0.25) is 0 Å². The van der Waals surface area contributed by atoms with Crippen molar-refractivity contribution in [3.63, 3.8) is 0 Å². The van der Waals surface area contributed by atoms with Crippen LogP contribution in [0.15, 0.2) is 46.0 Å². The molecule has 0 saturated carbocycles. The van der Waals surface area contributed by atoms with Gasteiger partial charge in [-0.15, -0.1) is 24.0 Å². The molecule has 3 rings (SSSR count). The van der Waals surface area contributed by atoms with Crippen LogP contribution in [0.5, 0.6) is 0 Å². The highest BCUT2D eigenvalue weighted by atomic mass is 127. The van der Waals surface area contributed by atoms with Crippen molar-refractivity contribution in [3.8, 4) is 11.6 Å². The van der Waals surface area contributed by atoms with Gasteiger partial charge in [0.25, 0.3) is 0 Å². The van der Waals surface area contributed by atoms with Crippen molar-refractivity contribution in [2.45, 2.75) is 25.6 Å². The third-order valence-electron chi connectivity index (χ3n) is 4.27. The number of nitrogens with one attached hydrogen (secondary N) is 3. The van der Waals surface area contributed by atoms with Gasteiger partial charge >= 0.3 is 0 Å². The first-order valence-electron chi connectivity index (χ1n) is 9.76. The number of halogens is 2. The van der Waals surface area contributed by atoms with E-state index in [1.165, 1.54) is 18.2 Å². The fraction of sp³-hybridized carbons (Fsp3) is 0.350. The van der Waals surface area contributed by atoms with Crippen molar-refractivity contribution in [1.82, 2.24) is 25.8 Å². The Morgan fingerprint density at radius 2 is 2.06 bits per heavy atom. The number of hydrogen-bond acceptors (Lipinski definition) is 6. The molecule has 174 valence electrons. The third kappa shape index (κ3) is 7.89. The van der Waals surface area contributed by atoms with Crippen molar-refractivity contribution >= 4 is 39.8 Å². The Morgan fingerprint density at radius 1 is 1.25 bits per heavy atom. The molecule has 0 atom stereocenters. The summed E-state index contributed by atoms with van der Waals surface area (Å²) in [6, 6.07) is 7.61. The van der Waals surface area contributed by atoms with E-state index in [0.717, 1.165) is 6.26 Å². The predicted octanol–water partition coefficient (Wildman–Crippen LogP) is 2.66. The van der Waals surface area contributed by atoms with Gasteiger partial charge in [0.2, 0.25) is 5.82 Å². The molecular formula is C20H26FIN6O3S. The van der Waals surface area contributed by atoms with Crippen LogP contribution in [-0.4, -0.2) is 48.9 Å². The molecule has 1 aromatic carbocycles. The first-order chi connectivity index (χ1) is 14.8. The van der Waals surface area contributed by atoms with Crippen molar-refractivity contribution in [3.05, 3.63) is 59.4 Å². The lowest BCUT2D eigenvalue weighted by atomic mass is 10.1. The highest BCUT2D eigenvalue weighted by Crippen LogP contribution is 2.16. The lowest BCUT2D eigenvalue weighted by molar-refractivity contribution is 0.577. The molecule has 0 aliphatic rings. The summed E-state index contributed by atoms with van der Waals surface area (Å²) >= 11 is 0. The summed E-state index contributed by atoms with van der Waals surface area (Å²) in [6.07, 6.45) is 3.28. The molecule has 0 saturated heterocycles. The van der Waals surface area contributed by atoms with Gasteiger partial charge in [0.15, 0.2) is 21.6 Å². The van der Waals surface area contributed by atoms with E-state index in [1.807, 2.05) is 6.92 Å². The van der Waals surface area contributed by atoms with Crippen molar-refractivity contribution in [2.75, 3.05) is 19.3 Å². The topological polar surface area (TPSA) is 125 Å². The Morgan fingerprint density at radius 3 is 2.75 bits per heavy atom. The number of hydrogen-bond donors (Lipinski definition) is 3. The maximum absolute atomic E-state index is 13.7. The molecule has 0 aliphatic carbocycles. The highest BCUT2D eigenvalue weighted by Gasteiger charge is 2.11. The normalized spacial score (nSPS) is 11.8. The minimum absolute atomic E-state index is 0. The second kappa shape index (κ2) is 11.9. The zero-order valence-corrected chi connectivity index (χ0v) is 20.9. The van der Waals surface area contributed by atoms with E-state index in [0.29, 0.717) is 54.0 Å². The van der Waals surface area contributed by atoms with Crippen LogP contribution >= 0.6 is 24.0 Å². The van der Waals surface area contributed by atoms with Crippen LogP contribution < -0.4 is 10.6 Å². The van der Waals surface area contributed by atoms with E-state index < -0.39 is 15.7 Å². The van der Waals surface area contributed by atoms with E-state index in [-0.39, 0.29) is 36.3 Å². The predicted molar refractivity (Wildman–Crippen MR) is 131 cm³/mol. The molecule has 0 spiro atoms. The second-order valence-corrected chi connectivity index (χ2v) is 9.08. The zero-order chi connectivity index (χ0) is 22.3. The number of aromatic amines is 1. The number of aliphatic imine (C=N–C) groups is 1. The lowest BCUT2D eigenvalue weighted by Gasteiger charge is -2.12. The van der Waals surface area contributed by atoms with Gasteiger partial charge in [0, 0.05) is 25.8 Å². The van der Waals surface area contributed by atoms with Crippen LogP contribution in [0.1, 0.15) is 23.9 Å². The quantitative estimate of drug-likeness (QED) is 0.203. The van der Waals surface area contributed by atoms with Crippen LogP contribution in [0.3, 0.4) is 0 Å². The molecule has 32 heavy (non-hydrogen) atoms. The molecule has 0 aliphatic heterocycles. The molecule has 0 unspecified atom stereocenters. The van der Waals surface area contributed by atoms with Crippen LogP contribution in [0.4, 0.5) is 4.39 Å². The summed E-state index contributed by atoms with van der Waals surface area (Å²) in [7, 11) is -3.25. The lowest BCUT2D eigenvalue weighted by Crippen LogP contribution is -2.38. The Hall–Kier alpha value is -2.48. The van der Waals surface area contributed by atoms with Gasteiger partial charge in [0.05, 0.1) is 18.6 Å². The number of furan rings is 1. The minimum atomic E-state index is -3.25. The average Bonchev–Trinajstić information content (AvgIpc) is 3.38. The minimum Gasteiger partial charge on any atom is -0.461 e. The molecule has 3 N–H and O–H groups in total. The first kappa shape index (κ1) is 25.8. The molecule has 9 nitrogen and oxygen atoms in total. The fourth-order valence-electron chi connectivity index (χ4n) is 2.89. The molecule has 2 aromatic heterocycles. The number of nitrogens with zero attached hydrogens (tertiary/aromatic N) is 3. The number of H-pyrrole nitrogens is 1. The summed E-state index contributed by atoms with van der Waals surface area (Å²) in [6.45, 7) is 3.23. The largest absolute Gasteiger partial charge is 0.461 e. The molecule has 0 fully saturated rings. The van der Waals surface area contributed by atoms with E-state index in [4.69, 9.17) is 4.42 Å². The Labute approximate surface area is 203 Å². The number of aromatic nitrogens is 3. The van der Waals surface area contributed by atoms with E-state index in [2.05, 4.69) is 30.8 Å². The monoisotopic (exact) mass is 576 g/mol. The maximum Gasteiger partial charge on any atom is 0.216 e. The Bertz CT molecular complexity index is 1130. The summed E-state index contributed by atoms with van der Waals surface area (Å²) in [5.74, 6) is 1.71. The molecule has 0 radical (unpaired) electrons. The van der Waals surface area contributed by atoms with Crippen LogP contribution in [-0.2, 0) is 28.6 Å². The number of sulfone groups is 1. The van der Waals surface area contributed by atoms with Crippen LogP contribution in [0.25, 0.3) is 11.6 Å². The first-order valence-corrected chi connectivity index (χ1v) is 11.8. The van der Waals surface area contributed by atoms with Crippen LogP contribution in [0, 0.1) is 5.82 Å². The molecule has 2 heterocycles. The molecule has 0 amide bonds. The fourth-order valence-corrected chi connectivity index (χ4v) is 3.74. The molecule has 0 bridgehead atoms. The molecular weight excluding hydrogens is 550 g/mol. The Balaban J connectivity index is 0.00000363. The van der Waals surface area contributed by atoms with Gasteiger partial charge in [-0.2, -0.15) is 5.10 Å². The Kier molecular flexibility index (Phi) is 9.62. The summed E-state index contributed by atoms with van der Waals surface area (Å²) in [5.41, 5.74) is 1.07. The zero-order valence-electron chi connectivity index (χ0n) is 17.8. The van der Waals surface area contributed by atoms with E-state index in [1.54, 1.807) is 18.4 Å². The summed E-state index contributed by atoms with van der Waals surface area (Å²) in [5, 5.41) is 13.3. The van der Waals surface area contributed by atoms with E-state index in [9.17, 15) is 12.8 Å².